The second-order valence-electron chi connectivity index (χ2n) is 4.83. The van der Waals surface area contributed by atoms with Crippen LogP contribution in [0.3, 0.4) is 0 Å². The molecule has 1 aromatic rings. The third-order valence-electron chi connectivity index (χ3n) is 3.26. The van der Waals surface area contributed by atoms with E-state index in [0.717, 1.165) is 25.3 Å². The van der Waals surface area contributed by atoms with E-state index in [0.29, 0.717) is 25.3 Å². The summed E-state index contributed by atoms with van der Waals surface area (Å²) in [6, 6.07) is 0. The number of hydrogen-bond donors (Lipinski definition) is 2. The quantitative estimate of drug-likeness (QED) is 0.738. The van der Waals surface area contributed by atoms with Crippen molar-refractivity contribution in [3.05, 3.63) is 12.2 Å². The van der Waals surface area contributed by atoms with Gasteiger partial charge in [0.1, 0.15) is 6.33 Å². The van der Waals surface area contributed by atoms with Crippen molar-refractivity contribution in [1.82, 2.24) is 25.4 Å². The molecule has 1 atom stereocenters. The van der Waals surface area contributed by atoms with Gasteiger partial charge in [0.15, 0.2) is 5.82 Å². The molecular weight excluding hydrogens is 230 g/mol. The highest BCUT2D eigenvalue weighted by Crippen LogP contribution is 2.13. The van der Waals surface area contributed by atoms with Gasteiger partial charge in [0, 0.05) is 26.4 Å². The number of carbonyl (C=O) groups excluding carboxylic acids is 1. The standard InChI is InChI=1S/C12H21N5O/c1-17-9-15-11(16-17)5-7-14-12(18)3-2-10-4-6-13-8-10/h9-10,13H,2-8H2,1H3,(H,14,18). The van der Waals surface area contributed by atoms with Crippen LogP contribution in [0.4, 0.5) is 0 Å². The molecule has 1 fully saturated rings. The predicted octanol–water partition coefficient (Wildman–Crippen LogP) is -0.136. The van der Waals surface area contributed by atoms with Crippen molar-refractivity contribution >= 4 is 5.91 Å². The van der Waals surface area contributed by atoms with Crippen molar-refractivity contribution in [3.8, 4) is 0 Å². The number of amides is 1. The fraction of sp³-hybridized carbons (Fsp3) is 0.750. The Balaban J connectivity index is 1.57. The molecule has 0 spiro atoms. The highest BCUT2D eigenvalue weighted by Gasteiger charge is 2.15. The zero-order chi connectivity index (χ0) is 12.8. The molecule has 0 aliphatic carbocycles. The van der Waals surface area contributed by atoms with E-state index in [2.05, 4.69) is 20.7 Å². The van der Waals surface area contributed by atoms with Gasteiger partial charge in [-0.25, -0.2) is 4.98 Å². The van der Waals surface area contributed by atoms with Gasteiger partial charge in [-0.3, -0.25) is 9.48 Å². The molecule has 2 rings (SSSR count). The van der Waals surface area contributed by atoms with E-state index in [4.69, 9.17) is 0 Å². The SMILES string of the molecule is Cn1cnc(CCNC(=O)CCC2CCNC2)n1. The number of aryl methyl sites for hydroxylation is 1. The molecule has 2 heterocycles. The highest BCUT2D eigenvalue weighted by molar-refractivity contribution is 5.75. The van der Waals surface area contributed by atoms with E-state index < -0.39 is 0 Å². The number of nitrogens with zero attached hydrogens (tertiary/aromatic N) is 3. The molecule has 18 heavy (non-hydrogen) atoms. The summed E-state index contributed by atoms with van der Waals surface area (Å²) in [4.78, 5) is 15.7. The summed E-state index contributed by atoms with van der Waals surface area (Å²) in [6.07, 6.45) is 5.18. The zero-order valence-corrected chi connectivity index (χ0v) is 10.9. The van der Waals surface area contributed by atoms with Crippen LogP contribution in [0, 0.1) is 5.92 Å². The van der Waals surface area contributed by atoms with E-state index in [1.165, 1.54) is 6.42 Å². The van der Waals surface area contributed by atoms with Crippen molar-refractivity contribution in [2.45, 2.75) is 25.7 Å². The monoisotopic (exact) mass is 251 g/mol. The minimum Gasteiger partial charge on any atom is -0.356 e. The van der Waals surface area contributed by atoms with Crippen LogP contribution in [-0.2, 0) is 18.3 Å². The fourth-order valence-electron chi connectivity index (χ4n) is 2.20. The first-order chi connectivity index (χ1) is 8.74. The van der Waals surface area contributed by atoms with Crippen LogP contribution in [0.15, 0.2) is 6.33 Å². The Labute approximate surface area is 107 Å². The van der Waals surface area contributed by atoms with E-state index >= 15 is 0 Å². The minimum absolute atomic E-state index is 0.137. The Bertz CT molecular complexity index is 384. The first-order valence-electron chi connectivity index (χ1n) is 6.56. The Hall–Kier alpha value is -1.43. The number of nitrogens with one attached hydrogen (secondary N) is 2. The molecule has 1 saturated heterocycles. The van der Waals surface area contributed by atoms with Crippen LogP contribution < -0.4 is 10.6 Å². The molecule has 0 saturated carbocycles. The topological polar surface area (TPSA) is 71.8 Å². The largest absolute Gasteiger partial charge is 0.356 e. The minimum atomic E-state index is 0.137. The van der Waals surface area contributed by atoms with E-state index in [1.54, 1.807) is 11.0 Å². The summed E-state index contributed by atoms with van der Waals surface area (Å²) in [6.45, 7) is 2.77. The molecule has 6 nitrogen and oxygen atoms in total. The normalized spacial score (nSPS) is 19.1. The Morgan fingerprint density at radius 3 is 3.22 bits per heavy atom. The molecule has 1 aliphatic heterocycles. The Morgan fingerprint density at radius 2 is 2.56 bits per heavy atom. The van der Waals surface area contributed by atoms with Crippen molar-refractivity contribution in [3.63, 3.8) is 0 Å². The average molecular weight is 251 g/mol. The van der Waals surface area contributed by atoms with Crippen molar-refractivity contribution in [1.29, 1.82) is 0 Å². The first-order valence-corrected chi connectivity index (χ1v) is 6.56. The van der Waals surface area contributed by atoms with E-state index in [-0.39, 0.29) is 5.91 Å². The van der Waals surface area contributed by atoms with Crippen LogP contribution in [0.1, 0.15) is 25.1 Å². The van der Waals surface area contributed by atoms with Crippen LogP contribution >= 0.6 is 0 Å². The summed E-state index contributed by atoms with van der Waals surface area (Å²) < 4.78 is 1.67. The zero-order valence-electron chi connectivity index (χ0n) is 10.9. The molecule has 1 amide bonds. The maximum atomic E-state index is 11.6. The smallest absolute Gasteiger partial charge is 0.220 e. The maximum absolute atomic E-state index is 11.6. The van der Waals surface area contributed by atoms with Crippen molar-refractivity contribution < 1.29 is 4.79 Å². The number of aromatic nitrogens is 3. The highest BCUT2D eigenvalue weighted by atomic mass is 16.1. The predicted molar refractivity (Wildman–Crippen MR) is 67.9 cm³/mol. The van der Waals surface area contributed by atoms with Gasteiger partial charge in [-0.2, -0.15) is 5.10 Å². The lowest BCUT2D eigenvalue weighted by Crippen LogP contribution is -2.26. The second kappa shape index (κ2) is 6.49. The van der Waals surface area contributed by atoms with Gasteiger partial charge < -0.3 is 10.6 Å². The van der Waals surface area contributed by atoms with Gasteiger partial charge in [0.2, 0.25) is 5.91 Å². The molecule has 6 heteroatoms. The fourth-order valence-corrected chi connectivity index (χ4v) is 2.20. The molecule has 0 bridgehead atoms. The molecule has 1 unspecified atom stereocenters. The van der Waals surface area contributed by atoms with Crippen LogP contribution in [0.2, 0.25) is 0 Å². The molecule has 1 aromatic heterocycles. The van der Waals surface area contributed by atoms with E-state index in [9.17, 15) is 4.79 Å². The van der Waals surface area contributed by atoms with Crippen LogP contribution in [-0.4, -0.2) is 40.3 Å². The number of rotatable bonds is 6. The molecular formula is C12H21N5O. The van der Waals surface area contributed by atoms with Gasteiger partial charge in [-0.05, 0) is 31.8 Å². The Morgan fingerprint density at radius 1 is 1.67 bits per heavy atom. The first kappa shape index (κ1) is 13.0. The molecule has 2 N–H and O–H groups in total. The lowest BCUT2D eigenvalue weighted by molar-refractivity contribution is -0.121. The molecule has 0 aromatic carbocycles. The van der Waals surface area contributed by atoms with Crippen LogP contribution in [0.25, 0.3) is 0 Å². The summed E-state index contributed by atoms with van der Waals surface area (Å²) >= 11 is 0. The molecule has 1 aliphatic rings. The lowest BCUT2D eigenvalue weighted by Gasteiger charge is -2.07. The van der Waals surface area contributed by atoms with Gasteiger partial charge in [0.25, 0.3) is 0 Å². The summed E-state index contributed by atoms with van der Waals surface area (Å²) in [5.74, 6) is 1.59. The van der Waals surface area contributed by atoms with E-state index in [1.807, 2.05) is 7.05 Å². The lowest BCUT2D eigenvalue weighted by atomic mass is 10.0. The van der Waals surface area contributed by atoms with Gasteiger partial charge in [-0.1, -0.05) is 0 Å². The number of carbonyl (C=O) groups is 1. The summed E-state index contributed by atoms with van der Waals surface area (Å²) in [7, 11) is 1.84. The summed E-state index contributed by atoms with van der Waals surface area (Å²) in [5, 5.41) is 10.4. The van der Waals surface area contributed by atoms with Crippen molar-refractivity contribution in [2.24, 2.45) is 13.0 Å². The third-order valence-corrected chi connectivity index (χ3v) is 3.26. The molecule has 100 valence electrons. The Kier molecular flexibility index (Phi) is 4.69. The van der Waals surface area contributed by atoms with Gasteiger partial charge in [0.05, 0.1) is 0 Å². The average Bonchev–Trinajstić information content (AvgIpc) is 2.98. The van der Waals surface area contributed by atoms with Gasteiger partial charge >= 0.3 is 0 Å². The number of hydrogen-bond acceptors (Lipinski definition) is 4. The maximum Gasteiger partial charge on any atom is 0.220 e. The van der Waals surface area contributed by atoms with Gasteiger partial charge in [-0.15, -0.1) is 0 Å². The molecule has 0 radical (unpaired) electrons. The third kappa shape index (κ3) is 4.10. The summed E-state index contributed by atoms with van der Waals surface area (Å²) in [5.41, 5.74) is 0. The second-order valence-corrected chi connectivity index (χ2v) is 4.83. The van der Waals surface area contributed by atoms with Crippen molar-refractivity contribution in [2.75, 3.05) is 19.6 Å². The van der Waals surface area contributed by atoms with Crippen LogP contribution in [0.5, 0.6) is 0 Å².